The van der Waals surface area contributed by atoms with Gasteiger partial charge in [-0.2, -0.15) is 0 Å². The molecule has 1 unspecified atom stereocenters. The highest BCUT2D eigenvalue weighted by Crippen LogP contribution is 2.60. The van der Waals surface area contributed by atoms with Crippen molar-refractivity contribution in [3.63, 3.8) is 0 Å². The fraction of sp³-hybridized carbons (Fsp3) is 0.119. The van der Waals surface area contributed by atoms with Crippen molar-refractivity contribution in [1.82, 2.24) is 0 Å². The fourth-order valence-corrected chi connectivity index (χ4v) is 11.0. The van der Waals surface area contributed by atoms with Crippen LogP contribution in [-0.2, 0) is 17.3 Å². The van der Waals surface area contributed by atoms with Gasteiger partial charge in [-0.25, -0.2) is 0 Å². The van der Waals surface area contributed by atoms with Crippen LogP contribution in [0, 0.1) is 0 Å². The zero-order valence-corrected chi connectivity index (χ0v) is 35.2. The molecule has 0 saturated heterocycles. The van der Waals surface area contributed by atoms with Crippen LogP contribution >= 0.6 is 0 Å². The fourth-order valence-electron chi connectivity index (χ4n) is 11.0. The minimum absolute atomic E-state index is 0.0999. The number of hydrogen-bond donors (Lipinski definition) is 0. The molecule has 0 radical (unpaired) electrons. The maximum Gasteiger partial charge on any atom is 0.172 e. The second-order valence-electron chi connectivity index (χ2n) is 17.7. The van der Waals surface area contributed by atoms with E-state index in [0.717, 1.165) is 47.0 Å². The van der Waals surface area contributed by atoms with Crippen molar-refractivity contribution in [1.29, 1.82) is 0 Å². The zero-order chi connectivity index (χ0) is 41.6. The molecule has 0 saturated carbocycles. The molecule has 3 heteroatoms. The van der Waals surface area contributed by atoms with Gasteiger partial charge in [0.05, 0.1) is 16.8 Å². The highest BCUT2D eigenvalue weighted by atomic mass is 16.6. The molecule has 1 atom stereocenters. The van der Waals surface area contributed by atoms with Crippen LogP contribution in [0.5, 0.6) is 23.0 Å². The molecule has 8 aromatic carbocycles. The SMILES string of the molecule is C/C1=C/C=C\Cc2ccccc2C2(C1)c1ccccc1-c1cc3c(cc12)Oc1ccc(N(c2ccccc2)c2ccccc2-c2ccc4c(c2)C(C)(C)c2ccccc2-4)cc1O3. The van der Waals surface area contributed by atoms with Gasteiger partial charge in [-0.3, -0.25) is 0 Å². The van der Waals surface area contributed by atoms with Crippen molar-refractivity contribution in [3.8, 4) is 56.4 Å². The number of benzene rings is 8. The van der Waals surface area contributed by atoms with E-state index in [-0.39, 0.29) is 10.8 Å². The molecular formula is C59H45NO2. The largest absolute Gasteiger partial charge is 0.449 e. The molecule has 8 aromatic rings. The first-order valence-electron chi connectivity index (χ1n) is 21.8. The number of rotatable bonds is 4. The van der Waals surface area contributed by atoms with Crippen molar-refractivity contribution in [2.45, 2.75) is 44.4 Å². The van der Waals surface area contributed by atoms with Crippen molar-refractivity contribution in [2.24, 2.45) is 0 Å². The first-order chi connectivity index (χ1) is 30.4. The van der Waals surface area contributed by atoms with E-state index in [2.05, 4.69) is 220 Å². The first kappa shape index (κ1) is 36.5. The molecule has 0 bridgehead atoms. The number of para-hydroxylation sites is 2. The molecule has 12 rings (SSSR count). The number of anilines is 3. The van der Waals surface area contributed by atoms with Gasteiger partial charge in [0.1, 0.15) is 0 Å². The van der Waals surface area contributed by atoms with Gasteiger partial charge >= 0.3 is 0 Å². The van der Waals surface area contributed by atoms with E-state index in [9.17, 15) is 0 Å². The summed E-state index contributed by atoms with van der Waals surface area (Å²) in [5.41, 5.74) is 19.4. The molecular weight excluding hydrogens is 755 g/mol. The molecule has 3 aliphatic carbocycles. The van der Waals surface area contributed by atoms with Crippen LogP contribution in [0.4, 0.5) is 17.1 Å². The highest BCUT2D eigenvalue weighted by Gasteiger charge is 2.47. The highest BCUT2D eigenvalue weighted by molar-refractivity contribution is 5.92. The molecule has 0 N–H and O–H groups in total. The van der Waals surface area contributed by atoms with Crippen LogP contribution in [0.3, 0.4) is 0 Å². The maximum atomic E-state index is 6.96. The molecule has 298 valence electrons. The maximum absolute atomic E-state index is 6.96. The average Bonchev–Trinajstić information content (AvgIpc) is 3.73. The van der Waals surface area contributed by atoms with Crippen LogP contribution in [0.2, 0.25) is 0 Å². The third kappa shape index (κ3) is 5.44. The number of nitrogens with zero attached hydrogens (tertiary/aromatic N) is 1. The Morgan fingerprint density at radius 2 is 1.11 bits per heavy atom. The molecule has 0 amide bonds. The van der Waals surface area contributed by atoms with Gasteiger partial charge in [-0.05, 0) is 129 Å². The molecule has 1 aliphatic heterocycles. The van der Waals surface area contributed by atoms with Gasteiger partial charge in [-0.15, -0.1) is 0 Å². The van der Waals surface area contributed by atoms with Crippen molar-refractivity contribution in [2.75, 3.05) is 4.90 Å². The van der Waals surface area contributed by atoms with E-state index >= 15 is 0 Å². The molecule has 62 heavy (non-hydrogen) atoms. The van der Waals surface area contributed by atoms with E-state index in [1.807, 2.05) is 0 Å². The van der Waals surface area contributed by atoms with Crippen LogP contribution in [0.1, 0.15) is 60.6 Å². The Hall–Kier alpha value is -7.36. The summed E-state index contributed by atoms with van der Waals surface area (Å²) in [6, 6.07) is 63.9. The summed E-state index contributed by atoms with van der Waals surface area (Å²) in [5.74, 6) is 2.84. The number of hydrogen-bond acceptors (Lipinski definition) is 3. The summed E-state index contributed by atoms with van der Waals surface area (Å²) in [7, 11) is 0. The minimum Gasteiger partial charge on any atom is -0.449 e. The summed E-state index contributed by atoms with van der Waals surface area (Å²) in [5, 5.41) is 0. The quantitative estimate of drug-likeness (QED) is 0.177. The third-order valence-corrected chi connectivity index (χ3v) is 13.8. The smallest absolute Gasteiger partial charge is 0.172 e. The lowest BCUT2D eigenvalue weighted by atomic mass is 9.67. The predicted octanol–water partition coefficient (Wildman–Crippen LogP) is 15.8. The number of allylic oxidation sites excluding steroid dienone is 4. The molecule has 1 heterocycles. The summed E-state index contributed by atoms with van der Waals surface area (Å²) < 4.78 is 13.8. The van der Waals surface area contributed by atoms with Crippen molar-refractivity contribution >= 4 is 17.1 Å². The standard InChI is InChI=1S/C59H45NO2/c1-38-17-7-8-18-39-19-9-13-25-48(39)59(37-38)50-27-15-11-24-45(50)47-35-56-57(36-52(47)59)61-54-32-30-42(34-55(54)62-56)60(41-20-5-4-6-21-41)53-28-16-12-22-43(53)40-29-31-46-44-23-10-14-26-49(44)58(2,3)51(46)33-40/h4-17,19-36H,18,37H2,1-3H3/b8-7-,38-17-. The summed E-state index contributed by atoms with van der Waals surface area (Å²) in [6.07, 6.45) is 8.52. The first-order valence-corrected chi connectivity index (χ1v) is 21.8. The minimum atomic E-state index is -0.375. The Kier molecular flexibility index (Phi) is 8.14. The Morgan fingerprint density at radius 3 is 1.95 bits per heavy atom. The Morgan fingerprint density at radius 1 is 0.468 bits per heavy atom. The van der Waals surface area contributed by atoms with E-state index in [1.54, 1.807) is 0 Å². The van der Waals surface area contributed by atoms with Crippen LogP contribution in [-0.4, -0.2) is 0 Å². The van der Waals surface area contributed by atoms with Crippen LogP contribution in [0.25, 0.3) is 33.4 Å². The van der Waals surface area contributed by atoms with E-state index in [0.29, 0.717) is 11.5 Å². The molecule has 4 aliphatic rings. The van der Waals surface area contributed by atoms with Crippen molar-refractivity contribution < 1.29 is 9.47 Å². The van der Waals surface area contributed by atoms with Crippen LogP contribution < -0.4 is 14.4 Å². The normalized spacial score (nSPS) is 18.3. The third-order valence-electron chi connectivity index (χ3n) is 13.8. The molecule has 3 nitrogen and oxygen atoms in total. The Labute approximate surface area is 363 Å². The Balaban J connectivity index is 0.965. The molecule has 0 fully saturated rings. The zero-order valence-electron chi connectivity index (χ0n) is 35.2. The topological polar surface area (TPSA) is 21.7 Å². The van der Waals surface area contributed by atoms with Gasteiger partial charge in [-0.1, -0.05) is 159 Å². The van der Waals surface area contributed by atoms with E-state index < -0.39 is 0 Å². The lowest BCUT2D eigenvalue weighted by molar-refractivity contribution is 0.359. The van der Waals surface area contributed by atoms with Gasteiger partial charge < -0.3 is 14.4 Å². The van der Waals surface area contributed by atoms with Gasteiger partial charge in [0.25, 0.3) is 0 Å². The van der Waals surface area contributed by atoms with E-state index in [1.165, 1.54) is 66.8 Å². The lowest BCUT2D eigenvalue weighted by Crippen LogP contribution is -2.29. The number of ether oxygens (including phenoxy) is 2. The van der Waals surface area contributed by atoms with E-state index in [4.69, 9.17) is 9.47 Å². The lowest BCUT2D eigenvalue weighted by Gasteiger charge is -2.35. The second kappa shape index (κ2) is 13.8. The van der Waals surface area contributed by atoms with Crippen LogP contribution in [0.15, 0.2) is 200 Å². The summed E-state index contributed by atoms with van der Waals surface area (Å²) >= 11 is 0. The van der Waals surface area contributed by atoms with Gasteiger partial charge in [0.15, 0.2) is 23.0 Å². The number of fused-ring (bicyclic) bond motifs is 12. The Bertz CT molecular complexity index is 3190. The second-order valence-corrected chi connectivity index (χ2v) is 17.7. The average molecular weight is 800 g/mol. The van der Waals surface area contributed by atoms with Gasteiger partial charge in [0, 0.05) is 22.7 Å². The van der Waals surface area contributed by atoms with Crippen molar-refractivity contribution in [3.05, 3.63) is 233 Å². The molecule has 1 spiro atoms. The summed E-state index contributed by atoms with van der Waals surface area (Å²) in [6.45, 7) is 6.95. The van der Waals surface area contributed by atoms with Gasteiger partial charge in [0.2, 0.25) is 0 Å². The molecule has 0 aromatic heterocycles. The monoisotopic (exact) mass is 799 g/mol. The summed E-state index contributed by atoms with van der Waals surface area (Å²) in [4.78, 5) is 2.34. The predicted molar refractivity (Wildman–Crippen MR) is 254 cm³/mol.